The Balaban J connectivity index is 1.48. The van der Waals surface area contributed by atoms with Crippen molar-refractivity contribution >= 4 is 29.0 Å². The molecule has 1 amide bonds. The Kier molecular flexibility index (Phi) is 5.90. The van der Waals surface area contributed by atoms with Gasteiger partial charge in [0.15, 0.2) is 0 Å². The number of halogens is 1. The average molecular weight is 439 g/mol. The summed E-state index contributed by atoms with van der Waals surface area (Å²) in [6.45, 7) is 2.59. The van der Waals surface area contributed by atoms with Crippen molar-refractivity contribution in [3.05, 3.63) is 80.6 Å². The summed E-state index contributed by atoms with van der Waals surface area (Å²) in [5.74, 6) is 0.836. The number of carbonyl (C=O) groups is 1. The molecule has 1 atom stereocenters. The summed E-state index contributed by atoms with van der Waals surface area (Å²) in [6.07, 6.45) is 2.64. The minimum absolute atomic E-state index is 0.217. The van der Waals surface area contributed by atoms with E-state index in [1.807, 2.05) is 31.2 Å². The predicted octanol–water partition coefficient (Wildman–Crippen LogP) is 2.60. The zero-order valence-electron chi connectivity index (χ0n) is 17.1. The van der Waals surface area contributed by atoms with E-state index in [9.17, 15) is 9.59 Å². The summed E-state index contributed by atoms with van der Waals surface area (Å²) in [5.41, 5.74) is 8.36. The number of hydrogen-bond acceptors (Lipinski definition) is 6. The van der Waals surface area contributed by atoms with Crippen LogP contribution >= 0.6 is 11.6 Å². The number of amides is 1. The Bertz CT molecular complexity index is 1190. The number of carbonyl (C=O) groups excluding carboxylic acids is 1. The molecular weight excluding hydrogens is 416 g/mol. The zero-order chi connectivity index (χ0) is 22.0. The number of aromatic nitrogens is 3. The molecule has 8 nitrogen and oxygen atoms in total. The monoisotopic (exact) mass is 438 g/mol. The third kappa shape index (κ3) is 4.54. The minimum atomic E-state index is -0.593. The molecule has 3 aromatic rings. The molecule has 1 aliphatic heterocycles. The van der Waals surface area contributed by atoms with Crippen molar-refractivity contribution in [3.63, 3.8) is 0 Å². The van der Waals surface area contributed by atoms with Gasteiger partial charge >= 0.3 is 0 Å². The fraction of sp³-hybridized carbons (Fsp3) is 0.273. The number of benzene rings is 1. The fourth-order valence-corrected chi connectivity index (χ4v) is 3.93. The summed E-state index contributed by atoms with van der Waals surface area (Å²) in [4.78, 5) is 34.5. The molecule has 0 aliphatic carbocycles. The maximum absolute atomic E-state index is 13.1. The number of aryl methyl sites for hydroxylation is 2. The first-order valence-corrected chi connectivity index (χ1v) is 10.4. The Morgan fingerprint density at radius 3 is 2.90 bits per heavy atom. The van der Waals surface area contributed by atoms with Crippen molar-refractivity contribution in [3.8, 4) is 0 Å². The van der Waals surface area contributed by atoms with Crippen LogP contribution in [0.5, 0.6) is 0 Å². The number of nitrogen functional groups attached to an aromatic ring is 1. The normalized spacial score (nSPS) is 14.8. The molecule has 31 heavy (non-hydrogen) atoms. The molecular formula is C22H23ClN6O2. The van der Waals surface area contributed by atoms with Crippen LogP contribution in [0.25, 0.3) is 0 Å². The van der Waals surface area contributed by atoms with Crippen LogP contribution < -0.4 is 21.9 Å². The van der Waals surface area contributed by atoms with Gasteiger partial charge in [0.25, 0.3) is 5.56 Å². The lowest BCUT2D eigenvalue weighted by Crippen LogP contribution is -2.36. The molecule has 0 bridgehead atoms. The Morgan fingerprint density at radius 2 is 2.13 bits per heavy atom. The quantitative estimate of drug-likeness (QED) is 0.545. The molecule has 0 unspecified atom stereocenters. The second-order valence-corrected chi connectivity index (χ2v) is 7.94. The first-order valence-electron chi connectivity index (χ1n) is 10.0. The summed E-state index contributed by atoms with van der Waals surface area (Å²) < 4.78 is 1.49. The highest BCUT2D eigenvalue weighted by Gasteiger charge is 2.31. The number of fused-ring (bicyclic) bond motifs is 1. The van der Waals surface area contributed by atoms with E-state index in [1.54, 1.807) is 12.1 Å². The van der Waals surface area contributed by atoms with E-state index in [1.165, 1.54) is 10.8 Å². The van der Waals surface area contributed by atoms with Crippen LogP contribution in [0, 0.1) is 6.92 Å². The van der Waals surface area contributed by atoms with Crippen LogP contribution in [0.2, 0.25) is 5.02 Å². The van der Waals surface area contributed by atoms with Gasteiger partial charge in [0.2, 0.25) is 5.91 Å². The number of rotatable bonds is 6. The second-order valence-electron chi connectivity index (χ2n) is 7.50. The minimum Gasteiger partial charge on any atom is -0.384 e. The number of pyridine rings is 1. The summed E-state index contributed by atoms with van der Waals surface area (Å²) >= 11 is 6.02. The van der Waals surface area contributed by atoms with Crippen LogP contribution in [0.1, 0.15) is 35.1 Å². The number of nitrogens with two attached hydrogens (primary N) is 1. The van der Waals surface area contributed by atoms with Gasteiger partial charge in [0, 0.05) is 30.2 Å². The molecule has 0 saturated heterocycles. The van der Waals surface area contributed by atoms with Gasteiger partial charge in [-0.1, -0.05) is 29.8 Å². The molecule has 0 saturated carbocycles. The molecule has 0 fully saturated rings. The maximum Gasteiger partial charge on any atom is 0.277 e. The van der Waals surface area contributed by atoms with E-state index in [2.05, 4.69) is 20.6 Å². The summed E-state index contributed by atoms with van der Waals surface area (Å²) in [6, 6.07) is 10.3. The summed E-state index contributed by atoms with van der Waals surface area (Å²) in [5, 5.41) is 6.65. The van der Waals surface area contributed by atoms with Crippen molar-refractivity contribution in [1.29, 1.82) is 0 Å². The predicted molar refractivity (Wildman–Crippen MR) is 120 cm³/mol. The topological polar surface area (TPSA) is 115 Å². The van der Waals surface area contributed by atoms with Crippen LogP contribution in [0.4, 0.5) is 11.5 Å². The Labute approximate surface area is 184 Å². The van der Waals surface area contributed by atoms with Crippen molar-refractivity contribution in [2.45, 2.75) is 38.9 Å². The molecule has 0 spiro atoms. The average Bonchev–Trinajstić information content (AvgIpc) is 3.18. The first-order chi connectivity index (χ1) is 14.9. The number of hydrogen-bond donors (Lipinski definition) is 3. The van der Waals surface area contributed by atoms with E-state index in [0.717, 1.165) is 16.8 Å². The van der Waals surface area contributed by atoms with Gasteiger partial charge in [-0.15, -0.1) is 0 Å². The fourth-order valence-electron chi connectivity index (χ4n) is 3.71. The highest BCUT2D eigenvalue weighted by atomic mass is 35.5. The van der Waals surface area contributed by atoms with Gasteiger partial charge in [-0.05, 0) is 42.7 Å². The van der Waals surface area contributed by atoms with Crippen LogP contribution in [-0.2, 0) is 24.3 Å². The molecule has 9 heteroatoms. The molecule has 0 radical (unpaired) electrons. The van der Waals surface area contributed by atoms with E-state index >= 15 is 0 Å². The molecule has 160 valence electrons. The van der Waals surface area contributed by atoms with Gasteiger partial charge in [0.05, 0.1) is 6.20 Å². The molecule has 4 rings (SSSR count). The van der Waals surface area contributed by atoms with Gasteiger partial charge in [-0.3, -0.25) is 14.2 Å². The SMILES string of the molecule is Cc1nc(N)ccc1CNC(=O)[C@@H]1CCc2ncc(NCc3cccc(Cl)c3)c(=O)n21. The van der Waals surface area contributed by atoms with E-state index in [-0.39, 0.29) is 11.5 Å². The van der Waals surface area contributed by atoms with E-state index < -0.39 is 6.04 Å². The highest BCUT2D eigenvalue weighted by Crippen LogP contribution is 2.23. The summed E-state index contributed by atoms with van der Waals surface area (Å²) in [7, 11) is 0. The first kappa shape index (κ1) is 20.9. The van der Waals surface area contributed by atoms with E-state index in [4.69, 9.17) is 17.3 Å². The lowest BCUT2D eigenvalue weighted by Gasteiger charge is -2.16. The third-order valence-electron chi connectivity index (χ3n) is 5.37. The van der Waals surface area contributed by atoms with Gasteiger partial charge in [-0.25, -0.2) is 9.97 Å². The van der Waals surface area contributed by atoms with Gasteiger partial charge in [-0.2, -0.15) is 0 Å². The largest absolute Gasteiger partial charge is 0.384 e. The van der Waals surface area contributed by atoms with Crippen LogP contribution in [0.3, 0.4) is 0 Å². The van der Waals surface area contributed by atoms with Gasteiger partial charge in [0.1, 0.15) is 23.4 Å². The molecule has 2 aromatic heterocycles. The van der Waals surface area contributed by atoms with Gasteiger partial charge < -0.3 is 16.4 Å². The molecule has 3 heterocycles. The maximum atomic E-state index is 13.1. The van der Waals surface area contributed by atoms with E-state index in [0.29, 0.717) is 48.3 Å². The standard InChI is InChI=1S/C22H23ClN6O2/c1-13-15(5-7-19(24)28-13)11-27-21(30)18-6-8-20-26-12-17(22(31)29(18)20)25-10-14-3-2-4-16(23)9-14/h2-5,7,9,12,18,25H,6,8,10-11H2,1H3,(H2,24,28)(H,27,30)/t18-/m0/s1. The molecule has 1 aromatic carbocycles. The Hall–Kier alpha value is -3.39. The van der Waals surface area contributed by atoms with Crippen molar-refractivity contribution in [2.75, 3.05) is 11.1 Å². The smallest absolute Gasteiger partial charge is 0.277 e. The zero-order valence-corrected chi connectivity index (χ0v) is 17.8. The van der Waals surface area contributed by atoms with Crippen molar-refractivity contribution < 1.29 is 4.79 Å². The lowest BCUT2D eigenvalue weighted by atomic mass is 10.1. The lowest BCUT2D eigenvalue weighted by molar-refractivity contribution is -0.124. The molecule has 4 N–H and O–H groups in total. The number of anilines is 2. The number of nitrogens with one attached hydrogen (secondary N) is 2. The number of nitrogens with zero attached hydrogens (tertiary/aromatic N) is 3. The highest BCUT2D eigenvalue weighted by molar-refractivity contribution is 6.30. The van der Waals surface area contributed by atoms with Crippen LogP contribution in [0.15, 0.2) is 47.4 Å². The van der Waals surface area contributed by atoms with Crippen molar-refractivity contribution in [2.24, 2.45) is 0 Å². The van der Waals surface area contributed by atoms with Crippen LogP contribution in [-0.4, -0.2) is 20.4 Å². The molecule has 1 aliphatic rings. The third-order valence-corrected chi connectivity index (χ3v) is 5.60. The Morgan fingerprint density at radius 1 is 1.29 bits per heavy atom. The second kappa shape index (κ2) is 8.77. The van der Waals surface area contributed by atoms with Crippen molar-refractivity contribution in [1.82, 2.24) is 19.9 Å².